The number of ether oxygens (including phenoxy) is 2. The molecular weight excluding hydrogens is 452 g/mol. The third kappa shape index (κ3) is 4.87. The van der Waals surface area contributed by atoms with Gasteiger partial charge in [0, 0.05) is 18.7 Å². The molecule has 9 heteroatoms. The number of fused-ring (bicyclic) bond motifs is 1. The summed E-state index contributed by atoms with van der Waals surface area (Å²) in [5, 5.41) is 3.04. The van der Waals surface area contributed by atoms with E-state index in [4.69, 9.17) is 21.1 Å². The Balaban J connectivity index is 1.53. The first-order valence-electron chi connectivity index (χ1n) is 10.9. The summed E-state index contributed by atoms with van der Waals surface area (Å²) < 4.78 is 39.0. The number of amides is 1. The summed E-state index contributed by atoms with van der Waals surface area (Å²) in [5.74, 6) is 0.947. The number of hydrogen-bond donors (Lipinski definition) is 1. The average molecular weight is 479 g/mol. The number of carbonyl (C=O) groups excluding carboxylic acids is 1. The minimum absolute atomic E-state index is 0.0271. The van der Waals surface area contributed by atoms with Gasteiger partial charge in [-0.15, -0.1) is 0 Å². The lowest BCUT2D eigenvalue weighted by atomic mass is 10.1. The SMILES string of the molecule is C[C@H](NC(=O)c1ccc(Cl)c(S(=O)(=O)N2CCCCCC2)c1)c1ccc2c(c1)OCCO2. The van der Waals surface area contributed by atoms with Crippen LogP contribution in [0.15, 0.2) is 41.3 Å². The molecule has 2 aromatic rings. The van der Waals surface area contributed by atoms with Gasteiger partial charge in [-0.1, -0.05) is 30.5 Å². The van der Waals surface area contributed by atoms with Gasteiger partial charge in [0.1, 0.15) is 18.1 Å². The Kier molecular flexibility index (Phi) is 6.93. The van der Waals surface area contributed by atoms with Crippen LogP contribution < -0.4 is 14.8 Å². The topological polar surface area (TPSA) is 84.9 Å². The zero-order valence-electron chi connectivity index (χ0n) is 18.0. The van der Waals surface area contributed by atoms with Crippen LogP contribution in [0.3, 0.4) is 0 Å². The Morgan fingerprint density at radius 3 is 2.41 bits per heavy atom. The Morgan fingerprint density at radius 2 is 1.69 bits per heavy atom. The van der Waals surface area contributed by atoms with Gasteiger partial charge < -0.3 is 14.8 Å². The molecule has 32 heavy (non-hydrogen) atoms. The lowest BCUT2D eigenvalue weighted by Crippen LogP contribution is -2.32. The molecule has 172 valence electrons. The summed E-state index contributed by atoms with van der Waals surface area (Å²) in [6.07, 6.45) is 3.67. The van der Waals surface area contributed by atoms with Crippen molar-refractivity contribution in [2.24, 2.45) is 0 Å². The van der Waals surface area contributed by atoms with Crippen LogP contribution in [0.1, 0.15) is 54.6 Å². The number of sulfonamides is 1. The molecule has 2 aliphatic heterocycles. The summed E-state index contributed by atoms with van der Waals surface area (Å²) in [6, 6.07) is 9.59. The maximum absolute atomic E-state index is 13.2. The van der Waals surface area contributed by atoms with E-state index in [0.29, 0.717) is 37.8 Å². The molecule has 0 saturated carbocycles. The smallest absolute Gasteiger partial charge is 0.251 e. The van der Waals surface area contributed by atoms with Crippen LogP contribution >= 0.6 is 11.6 Å². The number of halogens is 1. The molecule has 0 bridgehead atoms. The van der Waals surface area contributed by atoms with Gasteiger partial charge in [0.15, 0.2) is 11.5 Å². The zero-order chi connectivity index (χ0) is 22.7. The summed E-state index contributed by atoms with van der Waals surface area (Å²) in [6.45, 7) is 3.79. The van der Waals surface area contributed by atoms with Crippen LogP contribution in [-0.2, 0) is 10.0 Å². The standard InChI is InChI=1S/C23H27ClN2O5S/c1-16(17-7-9-20-21(14-17)31-13-12-30-20)25-23(27)18-6-8-19(24)22(15-18)32(28,29)26-10-4-2-3-5-11-26/h6-9,14-16H,2-5,10-13H2,1H3,(H,25,27)/t16-/m0/s1. The van der Waals surface area contributed by atoms with Gasteiger partial charge in [-0.3, -0.25) is 4.79 Å². The Morgan fingerprint density at radius 1 is 1.00 bits per heavy atom. The van der Waals surface area contributed by atoms with E-state index in [9.17, 15) is 13.2 Å². The average Bonchev–Trinajstić information content (AvgIpc) is 3.09. The van der Waals surface area contributed by atoms with Gasteiger partial charge in [-0.05, 0) is 55.7 Å². The molecule has 1 N–H and O–H groups in total. The fourth-order valence-corrected chi connectivity index (χ4v) is 5.97. The highest BCUT2D eigenvalue weighted by atomic mass is 35.5. The predicted octanol–water partition coefficient (Wildman–Crippen LogP) is 4.17. The second-order valence-corrected chi connectivity index (χ2v) is 10.4. The van der Waals surface area contributed by atoms with E-state index in [1.807, 2.05) is 25.1 Å². The van der Waals surface area contributed by atoms with Gasteiger partial charge in [0.05, 0.1) is 11.1 Å². The number of carbonyl (C=O) groups is 1. The van der Waals surface area contributed by atoms with Crippen molar-refractivity contribution in [2.75, 3.05) is 26.3 Å². The van der Waals surface area contributed by atoms with Crippen molar-refractivity contribution in [3.8, 4) is 11.5 Å². The first kappa shape index (κ1) is 22.9. The van der Waals surface area contributed by atoms with Gasteiger partial charge in [0.25, 0.3) is 5.91 Å². The van der Waals surface area contributed by atoms with Gasteiger partial charge in [-0.25, -0.2) is 8.42 Å². The molecule has 0 aliphatic carbocycles. The highest BCUT2D eigenvalue weighted by Crippen LogP contribution is 2.33. The van der Waals surface area contributed by atoms with E-state index in [2.05, 4.69) is 5.32 Å². The number of nitrogens with one attached hydrogen (secondary N) is 1. The molecule has 0 spiro atoms. The maximum Gasteiger partial charge on any atom is 0.251 e. The van der Waals surface area contributed by atoms with Crippen LogP contribution in [0.5, 0.6) is 11.5 Å². The van der Waals surface area contributed by atoms with Crippen LogP contribution in [0.4, 0.5) is 0 Å². The molecular formula is C23H27ClN2O5S. The lowest BCUT2D eigenvalue weighted by Gasteiger charge is -2.22. The Hall–Kier alpha value is -2.29. The quantitative estimate of drug-likeness (QED) is 0.697. The molecule has 1 saturated heterocycles. The van der Waals surface area contributed by atoms with E-state index in [-0.39, 0.29) is 27.4 Å². The second kappa shape index (κ2) is 9.68. The van der Waals surface area contributed by atoms with E-state index in [1.165, 1.54) is 22.5 Å². The molecule has 1 atom stereocenters. The van der Waals surface area contributed by atoms with E-state index in [0.717, 1.165) is 31.2 Å². The highest BCUT2D eigenvalue weighted by Gasteiger charge is 2.28. The summed E-state index contributed by atoms with van der Waals surface area (Å²) in [7, 11) is -3.77. The van der Waals surface area contributed by atoms with Crippen molar-refractivity contribution in [1.29, 1.82) is 0 Å². The molecule has 2 heterocycles. The molecule has 1 fully saturated rings. The number of benzene rings is 2. The number of rotatable bonds is 5. The molecule has 0 radical (unpaired) electrons. The zero-order valence-corrected chi connectivity index (χ0v) is 19.5. The Bertz CT molecular complexity index is 1100. The summed E-state index contributed by atoms with van der Waals surface area (Å²) in [5.41, 5.74) is 1.10. The normalized spacial score (nSPS) is 17.9. The molecule has 0 aromatic heterocycles. The van der Waals surface area contributed by atoms with Crippen molar-refractivity contribution >= 4 is 27.5 Å². The molecule has 2 aliphatic rings. The van der Waals surface area contributed by atoms with Crippen LogP contribution in [-0.4, -0.2) is 44.9 Å². The van der Waals surface area contributed by atoms with Crippen molar-refractivity contribution in [2.45, 2.75) is 43.5 Å². The largest absolute Gasteiger partial charge is 0.486 e. The molecule has 7 nitrogen and oxygen atoms in total. The fourth-order valence-electron chi connectivity index (χ4n) is 3.96. The minimum atomic E-state index is -3.77. The Labute approximate surface area is 193 Å². The van der Waals surface area contributed by atoms with E-state index >= 15 is 0 Å². The fraction of sp³-hybridized carbons (Fsp3) is 0.435. The molecule has 1 amide bonds. The van der Waals surface area contributed by atoms with Crippen LogP contribution in [0.2, 0.25) is 5.02 Å². The first-order chi connectivity index (χ1) is 15.4. The van der Waals surface area contributed by atoms with E-state index in [1.54, 1.807) is 0 Å². The second-order valence-electron chi connectivity index (χ2n) is 8.06. The van der Waals surface area contributed by atoms with Crippen molar-refractivity contribution in [3.63, 3.8) is 0 Å². The van der Waals surface area contributed by atoms with Crippen molar-refractivity contribution in [3.05, 3.63) is 52.5 Å². The highest BCUT2D eigenvalue weighted by molar-refractivity contribution is 7.89. The van der Waals surface area contributed by atoms with Gasteiger partial charge >= 0.3 is 0 Å². The minimum Gasteiger partial charge on any atom is -0.486 e. The van der Waals surface area contributed by atoms with E-state index < -0.39 is 10.0 Å². The van der Waals surface area contributed by atoms with Crippen LogP contribution in [0.25, 0.3) is 0 Å². The van der Waals surface area contributed by atoms with Crippen molar-refractivity contribution < 1.29 is 22.7 Å². The van der Waals surface area contributed by atoms with Gasteiger partial charge in [-0.2, -0.15) is 4.31 Å². The number of nitrogens with zero attached hydrogens (tertiary/aromatic N) is 1. The first-order valence-corrected chi connectivity index (χ1v) is 12.7. The monoisotopic (exact) mass is 478 g/mol. The lowest BCUT2D eigenvalue weighted by molar-refractivity contribution is 0.0939. The third-order valence-electron chi connectivity index (χ3n) is 5.79. The third-order valence-corrected chi connectivity index (χ3v) is 8.17. The molecule has 2 aromatic carbocycles. The summed E-state index contributed by atoms with van der Waals surface area (Å²) in [4.78, 5) is 12.9. The number of hydrogen-bond acceptors (Lipinski definition) is 5. The molecule has 0 unspecified atom stereocenters. The maximum atomic E-state index is 13.2. The summed E-state index contributed by atoms with van der Waals surface area (Å²) >= 11 is 6.25. The van der Waals surface area contributed by atoms with Crippen molar-refractivity contribution in [1.82, 2.24) is 9.62 Å². The van der Waals surface area contributed by atoms with Gasteiger partial charge in [0.2, 0.25) is 10.0 Å². The van der Waals surface area contributed by atoms with Crippen LogP contribution in [0, 0.1) is 0 Å². The molecule has 4 rings (SSSR count). The predicted molar refractivity (Wildman–Crippen MR) is 122 cm³/mol.